The van der Waals surface area contributed by atoms with E-state index in [4.69, 9.17) is 4.74 Å². The molecule has 0 aliphatic heterocycles. The average Bonchev–Trinajstić information content (AvgIpc) is 2.67. The highest BCUT2D eigenvalue weighted by atomic mass is 32.2. The number of hydrogen-bond acceptors (Lipinski definition) is 4. The molecule has 0 N–H and O–H groups in total. The molecule has 6 heteroatoms. The van der Waals surface area contributed by atoms with Crippen molar-refractivity contribution < 1.29 is 17.9 Å². The van der Waals surface area contributed by atoms with Crippen molar-refractivity contribution in [3.05, 3.63) is 65.7 Å². The molecule has 2 aromatic carbocycles. The number of carbonyl (C=O) groups is 1. The minimum atomic E-state index is -3.75. The van der Waals surface area contributed by atoms with Crippen LogP contribution in [0.4, 0.5) is 0 Å². The highest BCUT2D eigenvalue weighted by Crippen LogP contribution is 2.27. The van der Waals surface area contributed by atoms with Gasteiger partial charge in [0.15, 0.2) is 0 Å². The molecule has 0 radical (unpaired) electrons. The van der Waals surface area contributed by atoms with Gasteiger partial charge in [0.2, 0.25) is 10.0 Å². The summed E-state index contributed by atoms with van der Waals surface area (Å²) in [5.74, 6) is -0.589. The smallest absolute Gasteiger partial charge is 0.321 e. The van der Waals surface area contributed by atoms with Crippen molar-refractivity contribution in [2.24, 2.45) is 0 Å². The van der Waals surface area contributed by atoms with E-state index in [1.54, 1.807) is 12.1 Å². The molecule has 0 aromatic heterocycles. The van der Waals surface area contributed by atoms with Crippen LogP contribution in [0.5, 0.6) is 0 Å². The molecule has 0 spiro atoms. The van der Waals surface area contributed by atoms with Crippen LogP contribution in [0.25, 0.3) is 0 Å². The van der Waals surface area contributed by atoms with E-state index in [-0.39, 0.29) is 23.5 Å². The van der Waals surface area contributed by atoms with Gasteiger partial charge < -0.3 is 4.74 Å². The molecular weight excluding hydrogens is 362 g/mol. The normalized spacial score (nSPS) is 12.2. The number of rotatable bonds is 8. The standard InChI is InChI=1S/C21H27NO4S/c1-5-21(2,3)18-11-13-19(14-12-18)27(24,25)22(4)15-20(23)26-16-17-9-7-6-8-10-17/h6-14H,5,15-16H2,1-4H3. The Kier molecular flexibility index (Phi) is 6.78. The Morgan fingerprint density at radius 3 is 2.19 bits per heavy atom. The fraction of sp³-hybridized carbons (Fsp3) is 0.381. The van der Waals surface area contributed by atoms with Crippen molar-refractivity contribution in [2.75, 3.05) is 13.6 Å². The molecule has 146 valence electrons. The van der Waals surface area contributed by atoms with Gasteiger partial charge in [0.05, 0.1) is 4.90 Å². The minimum Gasteiger partial charge on any atom is -0.460 e. The van der Waals surface area contributed by atoms with Crippen molar-refractivity contribution in [1.82, 2.24) is 4.31 Å². The summed E-state index contributed by atoms with van der Waals surface area (Å²) in [6.45, 7) is 6.11. The molecule has 0 unspecified atom stereocenters. The largest absolute Gasteiger partial charge is 0.460 e. The van der Waals surface area contributed by atoms with Crippen LogP contribution < -0.4 is 0 Å². The second-order valence-corrected chi connectivity index (χ2v) is 9.21. The van der Waals surface area contributed by atoms with Crippen LogP contribution in [0, 0.1) is 0 Å². The first kappa shape index (κ1) is 21.1. The summed E-state index contributed by atoms with van der Waals surface area (Å²) < 4.78 is 31.6. The Labute approximate surface area is 162 Å². The molecule has 0 atom stereocenters. The van der Waals surface area contributed by atoms with E-state index < -0.39 is 16.0 Å². The summed E-state index contributed by atoms with van der Waals surface area (Å²) in [4.78, 5) is 12.2. The van der Waals surface area contributed by atoms with Crippen molar-refractivity contribution in [3.8, 4) is 0 Å². The Morgan fingerprint density at radius 1 is 1.04 bits per heavy atom. The Hall–Kier alpha value is -2.18. The summed E-state index contributed by atoms with van der Waals surface area (Å²) in [5, 5.41) is 0. The lowest BCUT2D eigenvalue weighted by molar-refractivity contribution is -0.144. The zero-order valence-corrected chi connectivity index (χ0v) is 17.1. The molecule has 0 fully saturated rings. The number of carbonyl (C=O) groups excluding carboxylic acids is 1. The maximum absolute atomic E-state index is 12.7. The van der Waals surface area contributed by atoms with E-state index in [0.29, 0.717) is 0 Å². The minimum absolute atomic E-state index is 0.0184. The number of likely N-dealkylation sites (N-methyl/N-ethyl adjacent to an activating group) is 1. The predicted octanol–water partition coefficient (Wildman–Crippen LogP) is 3.74. The molecule has 0 bridgehead atoms. The number of esters is 1. The van der Waals surface area contributed by atoms with E-state index >= 15 is 0 Å². The fourth-order valence-electron chi connectivity index (χ4n) is 2.51. The molecule has 0 saturated heterocycles. The number of benzene rings is 2. The van der Waals surface area contributed by atoms with E-state index in [9.17, 15) is 13.2 Å². The first-order chi connectivity index (χ1) is 12.7. The molecular formula is C21H27NO4S. The second-order valence-electron chi connectivity index (χ2n) is 7.17. The van der Waals surface area contributed by atoms with Gasteiger partial charge in [-0.2, -0.15) is 4.31 Å². The number of nitrogens with zero attached hydrogens (tertiary/aromatic N) is 1. The molecule has 0 heterocycles. The topological polar surface area (TPSA) is 63.7 Å². The lowest BCUT2D eigenvalue weighted by Crippen LogP contribution is -2.33. The van der Waals surface area contributed by atoms with Gasteiger partial charge in [-0.3, -0.25) is 4.79 Å². The van der Waals surface area contributed by atoms with Gasteiger partial charge in [0.1, 0.15) is 13.2 Å². The molecule has 0 saturated carbocycles. The van der Waals surface area contributed by atoms with Crippen LogP contribution >= 0.6 is 0 Å². The summed E-state index contributed by atoms with van der Waals surface area (Å²) in [7, 11) is -2.38. The van der Waals surface area contributed by atoms with Crippen molar-refractivity contribution in [2.45, 2.75) is 44.1 Å². The second kappa shape index (κ2) is 8.67. The maximum Gasteiger partial charge on any atom is 0.321 e. The molecule has 0 aliphatic carbocycles. The Morgan fingerprint density at radius 2 is 1.63 bits per heavy atom. The van der Waals surface area contributed by atoms with Gasteiger partial charge in [-0.05, 0) is 35.1 Å². The van der Waals surface area contributed by atoms with Gasteiger partial charge in [-0.1, -0.05) is 63.2 Å². The molecule has 0 amide bonds. The monoisotopic (exact) mass is 389 g/mol. The number of sulfonamides is 1. The van der Waals surface area contributed by atoms with Gasteiger partial charge in [-0.15, -0.1) is 0 Å². The third-order valence-electron chi connectivity index (χ3n) is 4.82. The van der Waals surface area contributed by atoms with Gasteiger partial charge in [0.25, 0.3) is 0 Å². The van der Waals surface area contributed by atoms with Crippen molar-refractivity contribution >= 4 is 16.0 Å². The summed E-state index contributed by atoms with van der Waals surface area (Å²) >= 11 is 0. The molecule has 5 nitrogen and oxygen atoms in total. The maximum atomic E-state index is 12.7. The van der Waals surface area contributed by atoms with E-state index in [2.05, 4.69) is 20.8 Å². The third-order valence-corrected chi connectivity index (χ3v) is 6.64. The number of ether oxygens (including phenoxy) is 1. The first-order valence-corrected chi connectivity index (χ1v) is 10.4. The van der Waals surface area contributed by atoms with E-state index in [0.717, 1.165) is 21.9 Å². The van der Waals surface area contributed by atoms with E-state index in [1.807, 2.05) is 42.5 Å². The summed E-state index contributed by atoms with van der Waals surface area (Å²) in [5.41, 5.74) is 1.91. The summed E-state index contributed by atoms with van der Waals surface area (Å²) in [6.07, 6.45) is 0.951. The quantitative estimate of drug-likeness (QED) is 0.645. The van der Waals surface area contributed by atoms with Crippen LogP contribution in [0.15, 0.2) is 59.5 Å². The first-order valence-electron chi connectivity index (χ1n) is 8.93. The zero-order chi connectivity index (χ0) is 20.1. The molecule has 27 heavy (non-hydrogen) atoms. The predicted molar refractivity (Wildman–Crippen MR) is 106 cm³/mol. The number of hydrogen-bond donors (Lipinski definition) is 0. The zero-order valence-electron chi connectivity index (χ0n) is 16.3. The average molecular weight is 390 g/mol. The molecule has 2 rings (SSSR count). The van der Waals surface area contributed by atoms with Gasteiger partial charge in [0, 0.05) is 7.05 Å². The highest BCUT2D eigenvalue weighted by molar-refractivity contribution is 7.89. The van der Waals surface area contributed by atoms with Crippen LogP contribution in [0.2, 0.25) is 0 Å². The lowest BCUT2D eigenvalue weighted by atomic mass is 9.82. The fourth-order valence-corrected chi connectivity index (χ4v) is 3.63. The molecule has 0 aliphatic rings. The highest BCUT2D eigenvalue weighted by Gasteiger charge is 2.25. The Bertz CT molecular complexity index is 859. The van der Waals surface area contributed by atoms with Crippen LogP contribution in [0.1, 0.15) is 38.3 Å². The molecule has 2 aromatic rings. The lowest BCUT2D eigenvalue weighted by Gasteiger charge is -2.24. The summed E-state index contributed by atoms with van der Waals surface area (Å²) in [6, 6.07) is 16.1. The van der Waals surface area contributed by atoms with Crippen molar-refractivity contribution in [3.63, 3.8) is 0 Å². The van der Waals surface area contributed by atoms with Gasteiger partial charge >= 0.3 is 5.97 Å². The van der Waals surface area contributed by atoms with Crippen molar-refractivity contribution in [1.29, 1.82) is 0 Å². The van der Waals surface area contributed by atoms with Crippen LogP contribution in [0.3, 0.4) is 0 Å². The van der Waals surface area contributed by atoms with Crippen LogP contribution in [-0.2, 0) is 31.6 Å². The third kappa shape index (κ3) is 5.40. The van der Waals surface area contributed by atoms with Gasteiger partial charge in [-0.25, -0.2) is 8.42 Å². The van der Waals surface area contributed by atoms with E-state index in [1.165, 1.54) is 7.05 Å². The Balaban J connectivity index is 2.01. The van der Waals surface area contributed by atoms with Crippen LogP contribution in [-0.4, -0.2) is 32.3 Å². The SMILES string of the molecule is CCC(C)(C)c1ccc(S(=O)(=O)N(C)CC(=O)OCc2ccccc2)cc1.